The number of methoxy groups -OCH3 is 1. The third-order valence-electron chi connectivity index (χ3n) is 5.89. The first kappa shape index (κ1) is 27.2. The van der Waals surface area contributed by atoms with Crippen LogP contribution in [0.3, 0.4) is 0 Å². The van der Waals surface area contributed by atoms with E-state index >= 15 is 0 Å². The van der Waals surface area contributed by atoms with Crippen LogP contribution in [0, 0.1) is 6.92 Å². The summed E-state index contributed by atoms with van der Waals surface area (Å²) in [7, 11) is 1.50. The Morgan fingerprint density at radius 2 is 1.79 bits per heavy atom. The molecule has 0 fully saturated rings. The van der Waals surface area contributed by atoms with Gasteiger partial charge in [-0.3, -0.25) is 9.59 Å². The standard InChI is InChI=1S/C29H31N5O5/c1-5-34-19(3)31-24-16-21(8-13-25(24)34)29(36)33-30-17-20-7-14-26(27(15-20)37-4)39-18-28(35)32-22-9-11-23(12-10-22)38-6-2/h7-17H,5-6,18H2,1-4H3,(H,32,35)(H,33,36)/b30-17+. The van der Waals surface area contributed by atoms with Crippen molar-refractivity contribution in [2.24, 2.45) is 5.10 Å². The van der Waals surface area contributed by atoms with Crippen LogP contribution >= 0.6 is 0 Å². The molecule has 1 aromatic heterocycles. The molecule has 0 bridgehead atoms. The van der Waals surface area contributed by atoms with Crippen molar-refractivity contribution in [1.29, 1.82) is 0 Å². The number of amides is 2. The second kappa shape index (κ2) is 12.6. The molecule has 1 heterocycles. The number of nitrogens with one attached hydrogen (secondary N) is 2. The number of hydrogen-bond donors (Lipinski definition) is 2. The maximum atomic E-state index is 12.6. The number of carbonyl (C=O) groups is 2. The van der Waals surface area contributed by atoms with Crippen molar-refractivity contribution in [3.8, 4) is 17.2 Å². The average Bonchev–Trinajstić information content (AvgIpc) is 3.27. The molecule has 0 radical (unpaired) electrons. The van der Waals surface area contributed by atoms with Crippen molar-refractivity contribution in [1.82, 2.24) is 15.0 Å². The molecule has 10 heteroatoms. The number of nitrogens with zero attached hydrogens (tertiary/aromatic N) is 3. The molecule has 39 heavy (non-hydrogen) atoms. The second-order valence-electron chi connectivity index (χ2n) is 8.51. The summed E-state index contributed by atoms with van der Waals surface area (Å²) in [5, 5.41) is 6.83. The van der Waals surface area contributed by atoms with E-state index in [2.05, 4.69) is 32.3 Å². The lowest BCUT2D eigenvalue weighted by atomic mass is 10.2. The Bertz CT molecular complexity index is 1490. The Balaban J connectivity index is 1.33. The summed E-state index contributed by atoms with van der Waals surface area (Å²) >= 11 is 0. The summed E-state index contributed by atoms with van der Waals surface area (Å²) in [5.74, 6) is 1.79. The Kier molecular flexibility index (Phi) is 8.78. The van der Waals surface area contributed by atoms with Gasteiger partial charge in [0, 0.05) is 17.8 Å². The number of fused-ring (bicyclic) bond motifs is 1. The number of aromatic nitrogens is 2. The third kappa shape index (κ3) is 6.72. The number of aryl methyl sites for hydroxylation is 2. The molecule has 0 spiro atoms. The SMILES string of the molecule is CCOc1ccc(NC(=O)COc2ccc(/C=N/NC(=O)c3ccc4c(c3)nc(C)n4CC)cc2OC)cc1. The molecule has 0 aliphatic rings. The first-order valence-corrected chi connectivity index (χ1v) is 12.6. The highest BCUT2D eigenvalue weighted by Crippen LogP contribution is 2.27. The Hall–Kier alpha value is -4.86. The summed E-state index contributed by atoms with van der Waals surface area (Å²) in [6.45, 7) is 7.08. The minimum Gasteiger partial charge on any atom is -0.494 e. The van der Waals surface area contributed by atoms with Gasteiger partial charge in [0.2, 0.25) is 0 Å². The quantitative estimate of drug-likeness (QED) is 0.218. The van der Waals surface area contributed by atoms with Gasteiger partial charge in [0.1, 0.15) is 11.6 Å². The van der Waals surface area contributed by atoms with Crippen LogP contribution < -0.4 is 25.0 Å². The van der Waals surface area contributed by atoms with Gasteiger partial charge >= 0.3 is 0 Å². The number of imidazole rings is 1. The minimum atomic E-state index is -0.345. The lowest BCUT2D eigenvalue weighted by Gasteiger charge is -2.12. The molecule has 10 nitrogen and oxygen atoms in total. The maximum absolute atomic E-state index is 12.6. The molecule has 4 rings (SSSR count). The molecular formula is C29H31N5O5. The van der Waals surface area contributed by atoms with Crippen molar-refractivity contribution < 1.29 is 23.8 Å². The fourth-order valence-electron chi connectivity index (χ4n) is 4.05. The first-order chi connectivity index (χ1) is 18.9. The molecule has 0 saturated carbocycles. The van der Waals surface area contributed by atoms with Gasteiger partial charge in [0.05, 0.1) is 31.0 Å². The molecule has 0 aliphatic heterocycles. The van der Waals surface area contributed by atoms with Crippen molar-refractivity contribution in [3.05, 3.63) is 77.6 Å². The van der Waals surface area contributed by atoms with Gasteiger partial charge in [-0.25, -0.2) is 10.4 Å². The van der Waals surface area contributed by atoms with Gasteiger partial charge in [-0.2, -0.15) is 5.10 Å². The van der Waals surface area contributed by atoms with Crippen LogP contribution in [0.2, 0.25) is 0 Å². The molecule has 0 atom stereocenters. The van der Waals surface area contributed by atoms with Crippen molar-refractivity contribution >= 4 is 34.7 Å². The van der Waals surface area contributed by atoms with Crippen LogP contribution in [-0.4, -0.2) is 47.9 Å². The van der Waals surface area contributed by atoms with E-state index in [0.29, 0.717) is 34.9 Å². The minimum absolute atomic E-state index is 0.201. The fourth-order valence-corrected chi connectivity index (χ4v) is 4.05. The van der Waals surface area contributed by atoms with E-state index in [0.717, 1.165) is 29.2 Å². The van der Waals surface area contributed by atoms with Crippen LogP contribution in [0.25, 0.3) is 11.0 Å². The van der Waals surface area contributed by atoms with Gasteiger partial charge < -0.3 is 24.1 Å². The smallest absolute Gasteiger partial charge is 0.271 e. The number of anilines is 1. The molecule has 0 aliphatic carbocycles. The van der Waals surface area contributed by atoms with E-state index < -0.39 is 0 Å². The molecule has 0 unspecified atom stereocenters. The number of hydrogen-bond acceptors (Lipinski definition) is 7. The monoisotopic (exact) mass is 529 g/mol. The molecule has 2 N–H and O–H groups in total. The maximum Gasteiger partial charge on any atom is 0.271 e. The Morgan fingerprint density at radius 3 is 2.51 bits per heavy atom. The molecular weight excluding hydrogens is 498 g/mol. The third-order valence-corrected chi connectivity index (χ3v) is 5.89. The zero-order valence-electron chi connectivity index (χ0n) is 22.4. The highest BCUT2D eigenvalue weighted by Gasteiger charge is 2.11. The number of ether oxygens (including phenoxy) is 3. The van der Waals surface area contributed by atoms with E-state index in [-0.39, 0.29) is 18.4 Å². The van der Waals surface area contributed by atoms with Crippen LogP contribution in [0.1, 0.15) is 35.6 Å². The summed E-state index contributed by atoms with van der Waals surface area (Å²) in [4.78, 5) is 29.4. The van der Waals surface area contributed by atoms with Crippen LogP contribution in [0.5, 0.6) is 17.2 Å². The Labute approximate surface area is 226 Å². The highest BCUT2D eigenvalue weighted by atomic mass is 16.5. The van der Waals surface area contributed by atoms with Gasteiger partial charge in [-0.15, -0.1) is 0 Å². The number of hydrazone groups is 1. The zero-order chi connectivity index (χ0) is 27.8. The van der Waals surface area contributed by atoms with Crippen molar-refractivity contribution in [2.75, 3.05) is 25.6 Å². The van der Waals surface area contributed by atoms with E-state index in [9.17, 15) is 9.59 Å². The molecule has 0 saturated heterocycles. The molecule has 202 valence electrons. The van der Waals surface area contributed by atoms with Crippen LogP contribution in [0.4, 0.5) is 5.69 Å². The summed E-state index contributed by atoms with van der Waals surface area (Å²) in [6.07, 6.45) is 1.50. The summed E-state index contributed by atoms with van der Waals surface area (Å²) < 4.78 is 18.5. The largest absolute Gasteiger partial charge is 0.494 e. The fraction of sp³-hybridized carbons (Fsp3) is 0.241. The van der Waals surface area contributed by atoms with E-state index in [4.69, 9.17) is 14.2 Å². The number of benzene rings is 3. The predicted molar refractivity (Wildman–Crippen MR) is 150 cm³/mol. The number of rotatable bonds is 11. The summed E-state index contributed by atoms with van der Waals surface area (Å²) in [6, 6.07) is 17.6. The molecule has 4 aromatic rings. The highest BCUT2D eigenvalue weighted by molar-refractivity contribution is 5.98. The normalized spacial score (nSPS) is 11.0. The topological polar surface area (TPSA) is 116 Å². The van der Waals surface area contributed by atoms with E-state index in [1.165, 1.54) is 13.3 Å². The molecule has 2 amide bonds. The van der Waals surface area contributed by atoms with Gasteiger partial charge in [0.25, 0.3) is 11.8 Å². The first-order valence-electron chi connectivity index (χ1n) is 12.6. The zero-order valence-corrected chi connectivity index (χ0v) is 22.4. The molecule has 3 aromatic carbocycles. The van der Waals surface area contributed by atoms with Gasteiger partial charge in [-0.1, -0.05) is 0 Å². The second-order valence-corrected chi connectivity index (χ2v) is 8.51. The van der Waals surface area contributed by atoms with E-state index in [1.54, 1.807) is 54.6 Å². The average molecular weight is 530 g/mol. The van der Waals surface area contributed by atoms with Crippen molar-refractivity contribution in [2.45, 2.75) is 27.3 Å². The predicted octanol–water partition coefficient (Wildman–Crippen LogP) is 4.55. The summed E-state index contributed by atoms with van der Waals surface area (Å²) in [5.41, 5.74) is 6.06. The van der Waals surface area contributed by atoms with Gasteiger partial charge in [-0.05, 0) is 87.0 Å². The van der Waals surface area contributed by atoms with Crippen LogP contribution in [0.15, 0.2) is 65.8 Å². The Morgan fingerprint density at radius 1 is 1.00 bits per heavy atom. The van der Waals surface area contributed by atoms with Crippen LogP contribution in [-0.2, 0) is 11.3 Å². The lowest BCUT2D eigenvalue weighted by molar-refractivity contribution is -0.118. The van der Waals surface area contributed by atoms with Gasteiger partial charge in [0.15, 0.2) is 18.1 Å². The lowest BCUT2D eigenvalue weighted by Crippen LogP contribution is -2.20. The van der Waals surface area contributed by atoms with Crippen molar-refractivity contribution in [3.63, 3.8) is 0 Å². The number of carbonyl (C=O) groups excluding carboxylic acids is 2. The van der Waals surface area contributed by atoms with E-state index in [1.807, 2.05) is 19.9 Å².